The highest BCUT2D eigenvalue weighted by atomic mass is 79.9. The number of piperazine rings is 1. The summed E-state index contributed by atoms with van der Waals surface area (Å²) in [6.45, 7) is 7.22. The lowest BCUT2D eigenvalue weighted by Crippen LogP contribution is -2.51. The lowest BCUT2D eigenvalue weighted by Gasteiger charge is -2.36. The number of halogens is 1. The van der Waals surface area contributed by atoms with Crippen molar-refractivity contribution in [3.05, 3.63) is 34.3 Å². The third-order valence-electron chi connectivity index (χ3n) is 3.83. The van der Waals surface area contributed by atoms with Crippen molar-refractivity contribution in [2.24, 2.45) is 0 Å². The smallest absolute Gasteiger partial charge is 0.251 e. The minimum atomic E-state index is -0.00141. The van der Waals surface area contributed by atoms with Gasteiger partial charge in [0.25, 0.3) is 5.91 Å². The lowest BCUT2D eigenvalue weighted by atomic mass is 10.2. The molecule has 2 rings (SSSR count). The molecule has 1 saturated heterocycles. The molecular formula is C15H22BrN3O. The Morgan fingerprint density at radius 3 is 2.45 bits per heavy atom. The van der Waals surface area contributed by atoms with Gasteiger partial charge in [-0.05, 0) is 38.2 Å². The Labute approximate surface area is 129 Å². The summed E-state index contributed by atoms with van der Waals surface area (Å²) in [7, 11) is 2.15. The van der Waals surface area contributed by atoms with Crippen LogP contribution in [0.25, 0.3) is 0 Å². The number of carbonyl (C=O) groups excluding carboxylic acids is 1. The summed E-state index contributed by atoms with van der Waals surface area (Å²) < 4.78 is 0.986. The second kappa shape index (κ2) is 7.20. The fraction of sp³-hybridized carbons (Fsp3) is 0.533. The van der Waals surface area contributed by atoms with Gasteiger partial charge in [0, 0.05) is 48.8 Å². The summed E-state index contributed by atoms with van der Waals surface area (Å²) in [6, 6.07) is 7.82. The standard InChI is InChI=1S/C15H22BrN3O/c1-12(19-9-7-18(2)8-10-19)11-17-15(20)13-3-5-14(16)6-4-13/h3-6,12H,7-11H2,1-2H3,(H,17,20)/t12-/m1/s1. The fourth-order valence-corrected chi connectivity index (χ4v) is 2.60. The van der Waals surface area contributed by atoms with Gasteiger partial charge in [0.2, 0.25) is 0 Å². The van der Waals surface area contributed by atoms with Gasteiger partial charge < -0.3 is 10.2 Å². The van der Waals surface area contributed by atoms with Crippen LogP contribution in [0.5, 0.6) is 0 Å². The summed E-state index contributed by atoms with van der Waals surface area (Å²) in [5, 5.41) is 3.02. The van der Waals surface area contributed by atoms with Crippen molar-refractivity contribution < 1.29 is 4.79 Å². The average Bonchev–Trinajstić information content (AvgIpc) is 2.46. The first-order valence-corrected chi connectivity index (χ1v) is 7.82. The average molecular weight is 340 g/mol. The molecule has 0 bridgehead atoms. The van der Waals surface area contributed by atoms with Crippen LogP contribution in [-0.4, -0.2) is 61.5 Å². The van der Waals surface area contributed by atoms with Gasteiger partial charge in [-0.2, -0.15) is 0 Å². The molecule has 5 heteroatoms. The summed E-state index contributed by atoms with van der Waals surface area (Å²) in [4.78, 5) is 16.8. The Kier molecular flexibility index (Phi) is 5.57. The lowest BCUT2D eigenvalue weighted by molar-refractivity contribution is 0.0903. The van der Waals surface area contributed by atoms with Crippen molar-refractivity contribution in [1.82, 2.24) is 15.1 Å². The van der Waals surface area contributed by atoms with Gasteiger partial charge in [-0.15, -0.1) is 0 Å². The monoisotopic (exact) mass is 339 g/mol. The number of nitrogens with one attached hydrogen (secondary N) is 1. The second-order valence-electron chi connectivity index (χ2n) is 5.41. The number of benzene rings is 1. The van der Waals surface area contributed by atoms with Crippen LogP contribution in [-0.2, 0) is 0 Å². The number of amides is 1. The first-order chi connectivity index (χ1) is 9.56. The zero-order valence-corrected chi connectivity index (χ0v) is 13.7. The molecule has 1 N–H and O–H groups in total. The first-order valence-electron chi connectivity index (χ1n) is 7.02. The van der Waals surface area contributed by atoms with Crippen LogP contribution < -0.4 is 5.32 Å². The van der Waals surface area contributed by atoms with Gasteiger partial charge in [0.1, 0.15) is 0 Å². The van der Waals surface area contributed by atoms with Crippen molar-refractivity contribution in [2.75, 3.05) is 39.8 Å². The molecule has 0 saturated carbocycles. The largest absolute Gasteiger partial charge is 0.350 e. The summed E-state index contributed by atoms with van der Waals surface area (Å²) in [5.41, 5.74) is 0.707. The Balaban J connectivity index is 1.79. The highest BCUT2D eigenvalue weighted by molar-refractivity contribution is 9.10. The molecular weight excluding hydrogens is 318 g/mol. The van der Waals surface area contributed by atoms with E-state index in [1.54, 1.807) is 0 Å². The van der Waals surface area contributed by atoms with Crippen LogP contribution in [0.2, 0.25) is 0 Å². The Morgan fingerprint density at radius 1 is 1.25 bits per heavy atom. The van der Waals surface area contributed by atoms with E-state index in [0.717, 1.165) is 30.7 Å². The maximum Gasteiger partial charge on any atom is 0.251 e. The minimum absolute atomic E-state index is 0.00141. The molecule has 110 valence electrons. The van der Waals surface area contributed by atoms with Gasteiger partial charge in [-0.1, -0.05) is 15.9 Å². The van der Waals surface area contributed by atoms with E-state index in [1.807, 2.05) is 24.3 Å². The van der Waals surface area contributed by atoms with E-state index >= 15 is 0 Å². The van der Waals surface area contributed by atoms with Crippen LogP contribution in [0.4, 0.5) is 0 Å². The Bertz CT molecular complexity index is 441. The Hall–Kier alpha value is -0.910. The van der Waals surface area contributed by atoms with Gasteiger partial charge in [-0.3, -0.25) is 9.69 Å². The maximum absolute atomic E-state index is 12.0. The number of hydrogen-bond donors (Lipinski definition) is 1. The predicted molar refractivity (Wildman–Crippen MR) is 85.0 cm³/mol. The fourth-order valence-electron chi connectivity index (χ4n) is 2.34. The molecule has 0 aromatic heterocycles. The topological polar surface area (TPSA) is 35.6 Å². The molecule has 20 heavy (non-hydrogen) atoms. The highest BCUT2D eigenvalue weighted by Crippen LogP contribution is 2.10. The van der Waals surface area contributed by atoms with E-state index < -0.39 is 0 Å². The highest BCUT2D eigenvalue weighted by Gasteiger charge is 2.19. The van der Waals surface area contributed by atoms with Crippen LogP contribution in [0, 0.1) is 0 Å². The molecule has 0 spiro atoms. The molecule has 1 aromatic carbocycles. The number of rotatable bonds is 4. The summed E-state index contributed by atoms with van der Waals surface area (Å²) >= 11 is 3.37. The van der Waals surface area contributed by atoms with Gasteiger partial charge in [0.15, 0.2) is 0 Å². The summed E-state index contributed by atoms with van der Waals surface area (Å²) in [6.07, 6.45) is 0. The predicted octanol–water partition coefficient (Wildman–Crippen LogP) is 1.81. The third-order valence-corrected chi connectivity index (χ3v) is 4.35. The molecule has 1 aliphatic rings. The summed E-state index contributed by atoms with van der Waals surface area (Å²) in [5.74, 6) is -0.00141. The zero-order chi connectivity index (χ0) is 14.5. The molecule has 0 radical (unpaired) electrons. The van der Waals surface area contributed by atoms with Gasteiger partial charge in [0.05, 0.1) is 0 Å². The van der Waals surface area contributed by atoms with E-state index in [-0.39, 0.29) is 5.91 Å². The van der Waals surface area contributed by atoms with E-state index in [2.05, 4.69) is 45.0 Å². The quantitative estimate of drug-likeness (QED) is 0.908. The third kappa shape index (κ3) is 4.30. The first kappa shape index (κ1) is 15.5. The number of nitrogens with zero attached hydrogens (tertiary/aromatic N) is 2. The molecule has 1 fully saturated rings. The molecule has 4 nitrogen and oxygen atoms in total. The molecule has 1 aromatic rings. The van der Waals surface area contributed by atoms with Crippen LogP contribution in [0.1, 0.15) is 17.3 Å². The molecule has 1 atom stereocenters. The van der Waals surface area contributed by atoms with Gasteiger partial charge >= 0.3 is 0 Å². The van der Waals surface area contributed by atoms with Crippen molar-refractivity contribution in [1.29, 1.82) is 0 Å². The van der Waals surface area contributed by atoms with E-state index in [4.69, 9.17) is 0 Å². The zero-order valence-electron chi connectivity index (χ0n) is 12.1. The van der Waals surface area contributed by atoms with Crippen molar-refractivity contribution in [3.8, 4) is 0 Å². The normalized spacial score (nSPS) is 18.8. The number of likely N-dealkylation sites (N-methyl/N-ethyl adjacent to an activating group) is 1. The van der Waals surface area contributed by atoms with Crippen LogP contribution in [0.15, 0.2) is 28.7 Å². The van der Waals surface area contributed by atoms with E-state index in [0.29, 0.717) is 18.2 Å². The molecule has 1 aliphatic heterocycles. The van der Waals surface area contributed by atoms with Crippen molar-refractivity contribution >= 4 is 21.8 Å². The maximum atomic E-state index is 12.0. The van der Waals surface area contributed by atoms with E-state index in [9.17, 15) is 4.79 Å². The number of hydrogen-bond acceptors (Lipinski definition) is 3. The SMILES string of the molecule is C[C@H](CNC(=O)c1ccc(Br)cc1)N1CCN(C)CC1. The van der Waals surface area contributed by atoms with Gasteiger partial charge in [-0.25, -0.2) is 0 Å². The Morgan fingerprint density at radius 2 is 1.85 bits per heavy atom. The minimum Gasteiger partial charge on any atom is -0.350 e. The van der Waals surface area contributed by atoms with Crippen molar-refractivity contribution in [3.63, 3.8) is 0 Å². The second-order valence-corrected chi connectivity index (χ2v) is 6.32. The molecule has 1 amide bonds. The molecule has 0 aliphatic carbocycles. The van der Waals surface area contributed by atoms with Crippen LogP contribution in [0.3, 0.4) is 0 Å². The van der Waals surface area contributed by atoms with Crippen LogP contribution >= 0.6 is 15.9 Å². The molecule has 0 unspecified atom stereocenters. The molecule has 1 heterocycles. The van der Waals surface area contributed by atoms with Crippen molar-refractivity contribution in [2.45, 2.75) is 13.0 Å². The van der Waals surface area contributed by atoms with E-state index in [1.165, 1.54) is 0 Å². The number of carbonyl (C=O) groups is 1.